The molecule has 1 atom stereocenters. The molecule has 2 N–H and O–H groups in total. The Labute approximate surface area is 206 Å². The molecule has 4 rings (SSSR count). The minimum atomic E-state index is -0.914. The molecule has 0 unspecified atom stereocenters. The number of carboxylic acid groups (broad SMARTS) is 1. The van der Waals surface area contributed by atoms with Crippen LogP contribution in [0.25, 0.3) is 11.1 Å². The summed E-state index contributed by atoms with van der Waals surface area (Å²) >= 11 is 0. The number of hydrogen-bond acceptors (Lipinski definition) is 4. The Morgan fingerprint density at radius 1 is 1.06 bits per heavy atom. The predicted molar refractivity (Wildman–Crippen MR) is 133 cm³/mol. The van der Waals surface area contributed by atoms with E-state index in [2.05, 4.69) is 36.5 Å². The van der Waals surface area contributed by atoms with Crippen LogP contribution in [0.3, 0.4) is 0 Å². The number of aliphatic carboxylic acids is 1. The highest BCUT2D eigenvalue weighted by Gasteiger charge is 2.34. The van der Waals surface area contributed by atoms with E-state index in [0.29, 0.717) is 6.42 Å². The molecule has 0 spiro atoms. The second-order valence-electron chi connectivity index (χ2n) is 9.48. The first kappa shape index (κ1) is 24.8. The molecule has 2 aliphatic rings. The van der Waals surface area contributed by atoms with Crippen molar-refractivity contribution in [2.24, 2.45) is 0 Å². The van der Waals surface area contributed by atoms with Crippen LogP contribution in [0.1, 0.15) is 68.9 Å². The Bertz CT molecular complexity index is 1020. The number of amides is 2. The molecule has 2 aromatic carbocycles. The Morgan fingerprint density at radius 3 is 2.26 bits per heavy atom. The van der Waals surface area contributed by atoms with E-state index in [1.807, 2.05) is 24.3 Å². The normalized spacial score (nSPS) is 15.1. The number of unbranched alkanes of at least 4 members (excludes halogenated alkanes) is 1. The summed E-state index contributed by atoms with van der Waals surface area (Å²) in [6.07, 6.45) is 3.87. The van der Waals surface area contributed by atoms with Crippen LogP contribution in [0, 0.1) is 0 Å². The lowest BCUT2D eigenvalue weighted by molar-refractivity contribution is -0.138. The van der Waals surface area contributed by atoms with E-state index in [9.17, 15) is 14.4 Å². The number of alkyl carbamates (subject to hydrolysis) is 1. The highest BCUT2D eigenvalue weighted by molar-refractivity contribution is 5.80. The van der Waals surface area contributed by atoms with Crippen LogP contribution in [0.4, 0.5) is 4.79 Å². The fourth-order valence-corrected chi connectivity index (χ4v) is 4.92. The number of carbonyl (C=O) groups is 3. The topological polar surface area (TPSA) is 95.9 Å². The quantitative estimate of drug-likeness (QED) is 0.451. The van der Waals surface area contributed by atoms with Crippen molar-refractivity contribution in [3.63, 3.8) is 0 Å². The van der Waals surface area contributed by atoms with Crippen LogP contribution in [-0.2, 0) is 14.3 Å². The zero-order valence-electron chi connectivity index (χ0n) is 20.2. The molecule has 186 valence electrons. The molecule has 0 heterocycles. The van der Waals surface area contributed by atoms with E-state index in [0.717, 1.165) is 36.8 Å². The van der Waals surface area contributed by atoms with Crippen molar-refractivity contribution in [2.45, 2.75) is 69.9 Å². The Kier molecular flexibility index (Phi) is 8.06. The van der Waals surface area contributed by atoms with Gasteiger partial charge in [-0.15, -0.1) is 0 Å². The average Bonchev–Trinajstić information content (AvgIpc) is 3.63. The Morgan fingerprint density at radius 2 is 1.69 bits per heavy atom. The standard InChI is InChI=1S/C28H34N2O5/c1-2-3-8-19(17-26(31)30(20-13-14-20)16-15-27(32)33)29-28(34)35-18-25-23-11-6-4-9-21(23)22-10-5-7-12-24(22)25/h4-7,9-12,19-20,25H,2-3,8,13-18H2,1H3,(H,29,34)(H,32,33)/t19-/m0/s1. The van der Waals surface area contributed by atoms with Gasteiger partial charge in [0.25, 0.3) is 0 Å². The highest BCUT2D eigenvalue weighted by atomic mass is 16.5. The smallest absolute Gasteiger partial charge is 0.407 e. The van der Waals surface area contributed by atoms with E-state index in [4.69, 9.17) is 9.84 Å². The molecule has 0 saturated heterocycles. The summed E-state index contributed by atoms with van der Waals surface area (Å²) in [5, 5.41) is 11.9. The number of carbonyl (C=O) groups excluding carboxylic acids is 2. The lowest BCUT2D eigenvalue weighted by Crippen LogP contribution is -2.42. The van der Waals surface area contributed by atoms with Gasteiger partial charge in [-0.25, -0.2) is 4.79 Å². The van der Waals surface area contributed by atoms with Crippen molar-refractivity contribution >= 4 is 18.0 Å². The number of nitrogens with one attached hydrogen (secondary N) is 1. The van der Waals surface area contributed by atoms with Gasteiger partial charge in [0.15, 0.2) is 0 Å². The van der Waals surface area contributed by atoms with Gasteiger partial charge in [0.05, 0.1) is 6.42 Å². The zero-order chi connectivity index (χ0) is 24.8. The molecule has 35 heavy (non-hydrogen) atoms. The third kappa shape index (κ3) is 6.21. The van der Waals surface area contributed by atoms with E-state index in [-0.39, 0.29) is 49.9 Å². The number of rotatable bonds is 12. The van der Waals surface area contributed by atoms with Gasteiger partial charge in [0.1, 0.15) is 6.61 Å². The van der Waals surface area contributed by atoms with Crippen LogP contribution in [0.15, 0.2) is 48.5 Å². The van der Waals surface area contributed by atoms with Gasteiger partial charge in [0, 0.05) is 31.0 Å². The number of hydrogen-bond donors (Lipinski definition) is 2. The van der Waals surface area contributed by atoms with Crippen LogP contribution in [-0.4, -0.2) is 53.2 Å². The van der Waals surface area contributed by atoms with Gasteiger partial charge < -0.3 is 20.1 Å². The molecular formula is C28H34N2O5. The van der Waals surface area contributed by atoms with Crippen molar-refractivity contribution in [3.8, 4) is 11.1 Å². The van der Waals surface area contributed by atoms with Crippen molar-refractivity contribution in [2.75, 3.05) is 13.2 Å². The first-order chi connectivity index (χ1) is 17.0. The summed E-state index contributed by atoms with van der Waals surface area (Å²) in [7, 11) is 0. The molecule has 2 aromatic rings. The average molecular weight is 479 g/mol. The summed E-state index contributed by atoms with van der Waals surface area (Å²) < 4.78 is 5.68. The fraction of sp³-hybridized carbons (Fsp3) is 0.464. The lowest BCUT2D eigenvalue weighted by Gasteiger charge is -2.25. The van der Waals surface area contributed by atoms with E-state index < -0.39 is 12.1 Å². The van der Waals surface area contributed by atoms with Gasteiger partial charge in [-0.3, -0.25) is 9.59 Å². The molecule has 0 bridgehead atoms. The van der Waals surface area contributed by atoms with E-state index in [1.54, 1.807) is 4.90 Å². The summed E-state index contributed by atoms with van der Waals surface area (Å²) in [6.45, 7) is 2.50. The molecule has 1 fully saturated rings. The van der Waals surface area contributed by atoms with E-state index >= 15 is 0 Å². The van der Waals surface area contributed by atoms with Crippen molar-refractivity contribution < 1.29 is 24.2 Å². The van der Waals surface area contributed by atoms with Crippen molar-refractivity contribution in [1.29, 1.82) is 0 Å². The largest absolute Gasteiger partial charge is 0.481 e. The van der Waals surface area contributed by atoms with Crippen molar-refractivity contribution in [3.05, 3.63) is 59.7 Å². The molecule has 1 saturated carbocycles. The first-order valence-corrected chi connectivity index (χ1v) is 12.6. The number of nitrogens with zero attached hydrogens (tertiary/aromatic N) is 1. The lowest BCUT2D eigenvalue weighted by atomic mass is 9.98. The third-order valence-electron chi connectivity index (χ3n) is 6.87. The molecule has 2 amide bonds. The number of fused-ring (bicyclic) bond motifs is 3. The van der Waals surface area contributed by atoms with Crippen molar-refractivity contribution in [1.82, 2.24) is 10.2 Å². The van der Waals surface area contributed by atoms with Gasteiger partial charge in [0.2, 0.25) is 5.91 Å². The Balaban J connectivity index is 1.36. The second kappa shape index (κ2) is 11.4. The highest BCUT2D eigenvalue weighted by Crippen LogP contribution is 2.44. The number of ether oxygens (including phenoxy) is 1. The van der Waals surface area contributed by atoms with Gasteiger partial charge in [-0.05, 0) is 41.5 Å². The molecule has 0 aromatic heterocycles. The van der Waals surface area contributed by atoms with Gasteiger partial charge >= 0.3 is 12.1 Å². The monoisotopic (exact) mass is 478 g/mol. The minimum Gasteiger partial charge on any atom is -0.481 e. The van der Waals surface area contributed by atoms with E-state index in [1.165, 1.54) is 11.1 Å². The number of carboxylic acids is 1. The number of benzene rings is 2. The summed E-state index contributed by atoms with van der Waals surface area (Å²) in [5.74, 6) is -1.04. The molecule has 0 radical (unpaired) electrons. The maximum absolute atomic E-state index is 13.0. The van der Waals surface area contributed by atoms with Crippen LogP contribution in [0.5, 0.6) is 0 Å². The third-order valence-corrected chi connectivity index (χ3v) is 6.87. The fourth-order valence-electron chi connectivity index (χ4n) is 4.92. The van der Waals surface area contributed by atoms with Gasteiger partial charge in [-0.1, -0.05) is 68.3 Å². The Hall–Kier alpha value is -3.35. The summed E-state index contributed by atoms with van der Waals surface area (Å²) in [5.41, 5.74) is 4.64. The van der Waals surface area contributed by atoms with Crippen LogP contribution >= 0.6 is 0 Å². The van der Waals surface area contributed by atoms with Gasteiger partial charge in [-0.2, -0.15) is 0 Å². The summed E-state index contributed by atoms with van der Waals surface area (Å²) in [4.78, 5) is 38.4. The molecule has 0 aliphatic heterocycles. The first-order valence-electron chi connectivity index (χ1n) is 12.6. The SMILES string of the molecule is CCCC[C@@H](CC(=O)N(CCC(=O)O)C1CC1)NC(=O)OCC1c2ccccc2-c2ccccc21. The maximum Gasteiger partial charge on any atom is 0.407 e. The maximum atomic E-state index is 13.0. The van der Waals surface area contributed by atoms with Crippen LogP contribution < -0.4 is 5.32 Å². The zero-order valence-corrected chi connectivity index (χ0v) is 20.2. The molecule has 7 nitrogen and oxygen atoms in total. The minimum absolute atomic E-state index is 0.0229. The second-order valence-corrected chi connectivity index (χ2v) is 9.48. The molecule has 7 heteroatoms. The van der Waals surface area contributed by atoms with Crippen LogP contribution in [0.2, 0.25) is 0 Å². The molecule has 2 aliphatic carbocycles. The summed E-state index contributed by atoms with van der Waals surface area (Å²) in [6, 6.07) is 16.2. The molecular weight excluding hydrogens is 444 g/mol. The predicted octanol–water partition coefficient (Wildman–Crippen LogP) is 4.94.